The average Bonchev–Trinajstić information content (AvgIpc) is 3.05. The van der Waals surface area contributed by atoms with Crippen molar-refractivity contribution >= 4 is 47.0 Å². The molecule has 0 saturated carbocycles. The van der Waals surface area contributed by atoms with Crippen molar-refractivity contribution in [2.24, 2.45) is 5.73 Å². The number of amides is 1. The number of benzene rings is 1. The molecule has 1 amide bonds. The number of hydrogen-bond donors (Lipinski definition) is 1. The Bertz CT molecular complexity index is 787. The summed E-state index contributed by atoms with van der Waals surface area (Å²) in [6, 6.07) is 7.25. The van der Waals surface area contributed by atoms with Gasteiger partial charge in [0.2, 0.25) is 5.91 Å². The zero-order valence-corrected chi connectivity index (χ0v) is 16.3. The van der Waals surface area contributed by atoms with Crippen molar-refractivity contribution in [2.75, 3.05) is 6.54 Å². The van der Waals surface area contributed by atoms with Gasteiger partial charge in [-0.2, -0.15) is 0 Å². The maximum atomic E-state index is 12.4. The van der Waals surface area contributed by atoms with Gasteiger partial charge in [-0.05, 0) is 29.8 Å². The summed E-state index contributed by atoms with van der Waals surface area (Å²) in [5.41, 5.74) is 8.09. The van der Waals surface area contributed by atoms with Crippen LogP contribution >= 0.6 is 35.3 Å². The molecule has 3 rings (SSSR count). The van der Waals surface area contributed by atoms with Crippen LogP contribution in [0.3, 0.4) is 0 Å². The normalized spacial score (nSPS) is 13.4. The van der Waals surface area contributed by atoms with E-state index in [1.807, 2.05) is 12.1 Å². The first kappa shape index (κ1) is 19.9. The van der Waals surface area contributed by atoms with Gasteiger partial charge < -0.3 is 5.73 Å². The molecule has 0 fully saturated rings. The number of Topliss-reactive ketones (excluding diaryl/α,β-unsaturated/α-hetero) is 1. The molecule has 25 heavy (non-hydrogen) atoms. The number of primary amides is 1. The van der Waals surface area contributed by atoms with E-state index in [1.54, 1.807) is 23.5 Å². The predicted octanol–water partition coefficient (Wildman–Crippen LogP) is 3.61. The maximum Gasteiger partial charge on any atom is 0.250 e. The zero-order chi connectivity index (χ0) is 17.3. The Kier molecular flexibility index (Phi) is 6.63. The van der Waals surface area contributed by atoms with Crippen molar-refractivity contribution in [1.29, 1.82) is 0 Å². The standard InChI is InChI=1S/C18H19ClN2O2S.ClH/c1-2-21-9-14-16(10-21)24-15(17(14)18(20)23)8-13(22)7-11-3-5-12(19)6-4-11;/h3-6H,2,7-10H2,1H3,(H2,20,23);1H. The molecule has 2 N–H and O–H groups in total. The molecule has 0 radical (unpaired) electrons. The highest BCUT2D eigenvalue weighted by atomic mass is 35.5. The van der Waals surface area contributed by atoms with Gasteiger partial charge in [0.1, 0.15) is 5.78 Å². The van der Waals surface area contributed by atoms with Crippen LogP contribution in [-0.2, 0) is 30.7 Å². The molecule has 0 bridgehead atoms. The van der Waals surface area contributed by atoms with Crippen LogP contribution in [0.5, 0.6) is 0 Å². The molecule has 0 aliphatic carbocycles. The molecule has 4 nitrogen and oxygen atoms in total. The van der Waals surface area contributed by atoms with Crippen LogP contribution in [0.2, 0.25) is 5.02 Å². The molecule has 1 aromatic carbocycles. The van der Waals surface area contributed by atoms with E-state index in [2.05, 4.69) is 11.8 Å². The first-order valence-electron chi connectivity index (χ1n) is 7.89. The summed E-state index contributed by atoms with van der Waals surface area (Å²) in [6.45, 7) is 4.61. The second kappa shape index (κ2) is 8.32. The van der Waals surface area contributed by atoms with Crippen molar-refractivity contribution < 1.29 is 9.59 Å². The minimum absolute atomic E-state index is 0. The minimum Gasteiger partial charge on any atom is -0.366 e. The largest absolute Gasteiger partial charge is 0.366 e. The van der Waals surface area contributed by atoms with Crippen molar-refractivity contribution in [3.63, 3.8) is 0 Å². The topological polar surface area (TPSA) is 63.4 Å². The highest BCUT2D eigenvalue weighted by molar-refractivity contribution is 7.12. The molecule has 0 atom stereocenters. The Labute approximate surface area is 162 Å². The monoisotopic (exact) mass is 398 g/mol. The van der Waals surface area contributed by atoms with Gasteiger partial charge in [-0.25, -0.2) is 0 Å². The Balaban J connectivity index is 0.00000225. The Morgan fingerprint density at radius 2 is 1.88 bits per heavy atom. The molecular weight excluding hydrogens is 379 g/mol. The predicted molar refractivity (Wildman–Crippen MR) is 104 cm³/mol. The fraction of sp³-hybridized carbons (Fsp3) is 0.333. The molecule has 1 aliphatic heterocycles. The van der Waals surface area contributed by atoms with Crippen LogP contribution in [0.25, 0.3) is 0 Å². The molecule has 2 heterocycles. The quantitative estimate of drug-likeness (QED) is 0.807. The summed E-state index contributed by atoms with van der Waals surface area (Å²) in [6.07, 6.45) is 0.587. The Hall–Kier alpha value is -1.40. The van der Waals surface area contributed by atoms with Crippen molar-refractivity contribution in [3.8, 4) is 0 Å². The number of nitrogens with two attached hydrogens (primary N) is 1. The number of rotatable bonds is 6. The van der Waals surface area contributed by atoms with Crippen molar-refractivity contribution in [2.45, 2.75) is 32.9 Å². The summed E-state index contributed by atoms with van der Waals surface area (Å²) < 4.78 is 0. The number of carbonyl (C=O) groups excluding carboxylic acids is 2. The molecule has 2 aromatic rings. The molecule has 0 unspecified atom stereocenters. The van der Waals surface area contributed by atoms with Crippen LogP contribution in [0, 0.1) is 0 Å². The van der Waals surface area contributed by atoms with Crippen LogP contribution in [-0.4, -0.2) is 23.1 Å². The third kappa shape index (κ3) is 4.42. The van der Waals surface area contributed by atoms with Gasteiger partial charge in [-0.1, -0.05) is 30.7 Å². The first-order valence-corrected chi connectivity index (χ1v) is 9.09. The van der Waals surface area contributed by atoms with Gasteiger partial charge in [-0.3, -0.25) is 14.5 Å². The van der Waals surface area contributed by atoms with Gasteiger partial charge in [0.15, 0.2) is 0 Å². The average molecular weight is 399 g/mol. The number of carbonyl (C=O) groups is 2. The second-order valence-electron chi connectivity index (χ2n) is 5.99. The van der Waals surface area contributed by atoms with E-state index in [0.29, 0.717) is 17.0 Å². The number of hydrogen-bond acceptors (Lipinski definition) is 4. The summed E-state index contributed by atoms with van der Waals surface area (Å²) in [7, 11) is 0. The molecule has 134 valence electrons. The van der Waals surface area contributed by atoms with Crippen molar-refractivity contribution in [3.05, 3.63) is 55.7 Å². The third-order valence-electron chi connectivity index (χ3n) is 4.28. The molecule has 7 heteroatoms. The van der Waals surface area contributed by atoms with E-state index in [1.165, 1.54) is 4.88 Å². The van der Waals surface area contributed by atoms with E-state index in [4.69, 9.17) is 17.3 Å². The molecule has 1 aliphatic rings. The minimum atomic E-state index is -0.431. The van der Waals surface area contributed by atoms with E-state index >= 15 is 0 Å². The fourth-order valence-corrected chi connectivity index (χ4v) is 4.57. The Morgan fingerprint density at radius 1 is 1.20 bits per heavy atom. The number of ketones is 1. The number of fused-ring (bicyclic) bond motifs is 1. The van der Waals surface area contributed by atoms with Crippen molar-refractivity contribution in [1.82, 2.24) is 4.90 Å². The Morgan fingerprint density at radius 3 is 2.48 bits per heavy atom. The molecular formula is C18H20Cl2N2O2S. The van der Waals surface area contributed by atoms with Gasteiger partial charge >= 0.3 is 0 Å². The molecule has 1 aromatic heterocycles. The highest BCUT2D eigenvalue weighted by Gasteiger charge is 2.29. The smallest absolute Gasteiger partial charge is 0.250 e. The fourth-order valence-electron chi connectivity index (χ4n) is 3.05. The van der Waals surface area contributed by atoms with Crippen LogP contribution < -0.4 is 5.73 Å². The highest BCUT2D eigenvalue weighted by Crippen LogP contribution is 2.36. The van der Waals surface area contributed by atoms with Gasteiger partial charge in [0.25, 0.3) is 0 Å². The first-order chi connectivity index (χ1) is 11.5. The second-order valence-corrected chi connectivity index (χ2v) is 7.61. The summed E-state index contributed by atoms with van der Waals surface area (Å²) >= 11 is 7.41. The van der Waals surface area contributed by atoms with Crippen LogP contribution in [0.15, 0.2) is 24.3 Å². The van der Waals surface area contributed by atoms with E-state index in [-0.39, 0.29) is 24.6 Å². The van der Waals surface area contributed by atoms with E-state index < -0.39 is 5.91 Å². The summed E-state index contributed by atoms with van der Waals surface area (Å²) in [5.74, 6) is -0.355. The van der Waals surface area contributed by atoms with Crippen LogP contribution in [0.4, 0.5) is 0 Å². The van der Waals surface area contributed by atoms with Gasteiger partial charge in [0, 0.05) is 40.7 Å². The molecule has 0 saturated heterocycles. The SMILES string of the molecule is CCN1Cc2sc(CC(=O)Cc3ccc(Cl)cc3)c(C(N)=O)c2C1.Cl. The van der Waals surface area contributed by atoms with E-state index in [9.17, 15) is 9.59 Å². The number of nitrogens with zero attached hydrogens (tertiary/aromatic N) is 1. The lowest BCUT2D eigenvalue weighted by atomic mass is 10.0. The zero-order valence-electron chi connectivity index (χ0n) is 13.9. The summed E-state index contributed by atoms with van der Waals surface area (Å²) in [5, 5.41) is 0.650. The maximum absolute atomic E-state index is 12.4. The van der Waals surface area contributed by atoms with Crippen LogP contribution in [0.1, 0.15) is 38.2 Å². The lowest BCUT2D eigenvalue weighted by molar-refractivity contribution is -0.117. The lowest BCUT2D eigenvalue weighted by Gasteiger charge is -2.12. The van der Waals surface area contributed by atoms with Gasteiger partial charge in [0.05, 0.1) is 5.56 Å². The lowest BCUT2D eigenvalue weighted by Crippen LogP contribution is -2.19. The molecule has 0 spiro atoms. The number of thiophene rings is 1. The number of halogens is 2. The summed E-state index contributed by atoms with van der Waals surface area (Å²) in [4.78, 5) is 28.5. The van der Waals surface area contributed by atoms with E-state index in [0.717, 1.165) is 35.6 Å². The van der Waals surface area contributed by atoms with Gasteiger partial charge in [-0.15, -0.1) is 23.7 Å². The third-order valence-corrected chi connectivity index (χ3v) is 5.75.